The highest BCUT2D eigenvalue weighted by molar-refractivity contribution is 7.26. The smallest absolute Gasteiger partial charge is 0.235 e. The summed E-state index contributed by atoms with van der Waals surface area (Å²) in [5, 5.41) is 9.13. The fourth-order valence-electron chi connectivity index (χ4n) is 6.79. The SMILES string of the molecule is c1ccc(-c2ncc3c4ccccc4c4cnc(-n5c6ccccc6c6c7c(ccc65)sc5ccccc57)nc4c3n2)cc1. The van der Waals surface area contributed by atoms with Gasteiger partial charge in [-0.15, -0.1) is 11.3 Å². The number of fused-ring (bicyclic) bond motifs is 13. The Morgan fingerprint density at radius 3 is 1.93 bits per heavy atom. The summed E-state index contributed by atoms with van der Waals surface area (Å²) in [6.45, 7) is 0. The maximum atomic E-state index is 5.33. The van der Waals surface area contributed by atoms with E-state index in [2.05, 4.69) is 89.5 Å². The summed E-state index contributed by atoms with van der Waals surface area (Å²) in [7, 11) is 0. The summed E-state index contributed by atoms with van der Waals surface area (Å²) in [5.74, 6) is 1.30. The number of benzene rings is 6. The van der Waals surface area contributed by atoms with Crippen LogP contribution in [0.3, 0.4) is 0 Å². The van der Waals surface area contributed by atoms with Gasteiger partial charge in [0.25, 0.3) is 0 Å². The highest BCUT2D eigenvalue weighted by atomic mass is 32.1. The first-order valence-corrected chi connectivity index (χ1v) is 15.4. The third kappa shape index (κ3) is 3.23. The Labute approximate surface area is 254 Å². The van der Waals surface area contributed by atoms with Gasteiger partial charge in [-0.05, 0) is 35.0 Å². The van der Waals surface area contributed by atoms with Gasteiger partial charge in [-0.2, -0.15) is 0 Å². The zero-order valence-corrected chi connectivity index (χ0v) is 24.1. The Kier molecular flexibility index (Phi) is 4.81. The molecule has 4 aromatic heterocycles. The lowest BCUT2D eigenvalue weighted by atomic mass is 10.0. The molecule has 0 N–H and O–H groups in total. The minimum absolute atomic E-state index is 0.624. The molecule has 6 heteroatoms. The van der Waals surface area contributed by atoms with Gasteiger partial charge in [-0.3, -0.25) is 4.57 Å². The Hall–Kier alpha value is -5.72. The molecule has 0 aliphatic carbocycles. The van der Waals surface area contributed by atoms with Crippen LogP contribution in [0.2, 0.25) is 0 Å². The monoisotopic (exact) mass is 579 g/mol. The van der Waals surface area contributed by atoms with Crippen LogP contribution in [0.15, 0.2) is 128 Å². The average molecular weight is 580 g/mol. The molecular weight excluding hydrogens is 559 g/mol. The largest absolute Gasteiger partial charge is 0.278 e. The zero-order valence-electron chi connectivity index (χ0n) is 23.3. The van der Waals surface area contributed by atoms with E-state index in [0.29, 0.717) is 11.8 Å². The van der Waals surface area contributed by atoms with Crippen LogP contribution in [0, 0.1) is 0 Å². The number of nitrogens with zero attached hydrogens (tertiary/aromatic N) is 5. The molecule has 0 amide bonds. The fraction of sp³-hybridized carbons (Fsp3) is 0. The summed E-state index contributed by atoms with van der Waals surface area (Å²) >= 11 is 1.84. The molecule has 44 heavy (non-hydrogen) atoms. The minimum atomic E-state index is 0.624. The molecule has 10 aromatic rings. The lowest BCUT2D eigenvalue weighted by Crippen LogP contribution is -2.02. The van der Waals surface area contributed by atoms with Crippen molar-refractivity contribution in [3.05, 3.63) is 128 Å². The Balaban J connectivity index is 1.34. The van der Waals surface area contributed by atoms with Gasteiger partial charge in [0.1, 0.15) is 11.0 Å². The quantitative estimate of drug-likeness (QED) is 0.191. The van der Waals surface area contributed by atoms with Gasteiger partial charge < -0.3 is 0 Å². The molecule has 0 spiro atoms. The van der Waals surface area contributed by atoms with Crippen molar-refractivity contribution in [2.45, 2.75) is 0 Å². The Morgan fingerprint density at radius 1 is 0.455 bits per heavy atom. The molecule has 5 nitrogen and oxygen atoms in total. The maximum Gasteiger partial charge on any atom is 0.235 e. The van der Waals surface area contributed by atoms with Crippen LogP contribution in [0.5, 0.6) is 0 Å². The molecule has 204 valence electrons. The second-order valence-electron chi connectivity index (χ2n) is 11.1. The third-order valence-electron chi connectivity index (χ3n) is 8.71. The zero-order chi connectivity index (χ0) is 28.8. The average Bonchev–Trinajstić information content (AvgIpc) is 3.64. The topological polar surface area (TPSA) is 56.5 Å². The van der Waals surface area contributed by atoms with Crippen molar-refractivity contribution >= 4 is 85.9 Å². The molecule has 10 rings (SSSR count). The van der Waals surface area contributed by atoms with Crippen molar-refractivity contribution in [2.75, 3.05) is 0 Å². The third-order valence-corrected chi connectivity index (χ3v) is 9.84. The van der Waals surface area contributed by atoms with Crippen LogP contribution in [0.1, 0.15) is 0 Å². The van der Waals surface area contributed by atoms with Crippen LogP contribution < -0.4 is 0 Å². The van der Waals surface area contributed by atoms with Gasteiger partial charge in [-0.25, -0.2) is 19.9 Å². The predicted molar refractivity (Wildman–Crippen MR) is 183 cm³/mol. The fourth-order valence-corrected chi connectivity index (χ4v) is 7.90. The van der Waals surface area contributed by atoms with Crippen molar-refractivity contribution < 1.29 is 0 Å². The second kappa shape index (κ2) is 8.89. The molecule has 0 saturated heterocycles. The minimum Gasteiger partial charge on any atom is -0.278 e. The number of hydrogen-bond donors (Lipinski definition) is 0. The van der Waals surface area contributed by atoms with E-state index in [0.717, 1.165) is 49.2 Å². The van der Waals surface area contributed by atoms with Crippen molar-refractivity contribution in [3.63, 3.8) is 0 Å². The van der Waals surface area contributed by atoms with Crippen LogP contribution in [-0.2, 0) is 0 Å². The standard InChI is InChI=1S/C38H21N5S/c1-2-10-22(11-3-1)37-39-20-27-23-12-4-5-13-24(23)28-21-40-38(42-36(28)35(27)41-37)43-29-16-8-6-14-25(29)33-30(43)18-19-32-34(33)26-15-7-9-17-31(26)44-32/h1-21H. The van der Waals surface area contributed by atoms with E-state index in [-0.39, 0.29) is 0 Å². The highest BCUT2D eigenvalue weighted by Crippen LogP contribution is 2.43. The van der Waals surface area contributed by atoms with Crippen molar-refractivity contribution in [1.82, 2.24) is 24.5 Å². The maximum absolute atomic E-state index is 5.33. The first kappa shape index (κ1) is 23.8. The molecule has 0 radical (unpaired) electrons. The van der Waals surface area contributed by atoms with Crippen molar-refractivity contribution in [3.8, 4) is 17.3 Å². The van der Waals surface area contributed by atoms with Crippen LogP contribution in [0.4, 0.5) is 0 Å². The summed E-state index contributed by atoms with van der Waals surface area (Å²) in [4.78, 5) is 20.3. The van der Waals surface area contributed by atoms with Gasteiger partial charge >= 0.3 is 0 Å². The highest BCUT2D eigenvalue weighted by Gasteiger charge is 2.20. The van der Waals surface area contributed by atoms with E-state index in [4.69, 9.17) is 19.9 Å². The van der Waals surface area contributed by atoms with Crippen molar-refractivity contribution in [2.24, 2.45) is 0 Å². The lowest BCUT2D eigenvalue weighted by Gasteiger charge is -2.12. The molecule has 0 unspecified atom stereocenters. The molecule has 0 aliphatic heterocycles. The molecule has 0 saturated carbocycles. The van der Waals surface area contributed by atoms with Crippen molar-refractivity contribution in [1.29, 1.82) is 0 Å². The Morgan fingerprint density at radius 2 is 1.11 bits per heavy atom. The molecular formula is C38H21N5S. The summed E-state index contributed by atoms with van der Waals surface area (Å²) in [6.07, 6.45) is 3.90. The van der Waals surface area contributed by atoms with E-state index >= 15 is 0 Å². The number of rotatable bonds is 2. The van der Waals surface area contributed by atoms with E-state index < -0.39 is 0 Å². The predicted octanol–water partition coefficient (Wildman–Crippen LogP) is 9.86. The first-order chi connectivity index (χ1) is 21.8. The second-order valence-corrected chi connectivity index (χ2v) is 12.2. The lowest BCUT2D eigenvalue weighted by molar-refractivity contribution is 1.01. The normalized spacial score (nSPS) is 12.1. The molecule has 0 fully saturated rings. The van der Waals surface area contributed by atoms with Gasteiger partial charge in [0.05, 0.1) is 11.0 Å². The molecule has 0 aliphatic rings. The first-order valence-electron chi connectivity index (χ1n) is 14.6. The summed E-state index contributed by atoms with van der Waals surface area (Å²) in [5.41, 5.74) is 4.78. The number of aromatic nitrogens is 5. The number of hydrogen-bond acceptors (Lipinski definition) is 5. The molecule has 0 atom stereocenters. The summed E-state index contributed by atoms with van der Waals surface area (Å²) < 4.78 is 4.78. The Bertz CT molecular complexity index is 2780. The van der Waals surface area contributed by atoms with E-state index in [1.807, 2.05) is 54.1 Å². The molecule has 4 heterocycles. The van der Waals surface area contributed by atoms with Crippen LogP contribution >= 0.6 is 11.3 Å². The van der Waals surface area contributed by atoms with Gasteiger partial charge in [0.2, 0.25) is 5.95 Å². The number of thiophene rings is 1. The van der Waals surface area contributed by atoms with E-state index in [1.54, 1.807) is 0 Å². The van der Waals surface area contributed by atoms with Crippen LogP contribution in [-0.4, -0.2) is 24.5 Å². The van der Waals surface area contributed by atoms with Gasteiger partial charge in [0.15, 0.2) is 5.82 Å². The molecule has 6 aromatic carbocycles. The summed E-state index contributed by atoms with van der Waals surface area (Å²) in [6, 6.07) is 40.2. The van der Waals surface area contributed by atoms with Gasteiger partial charge in [-0.1, -0.05) is 91.0 Å². The molecule has 0 bridgehead atoms. The van der Waals surface area contributed by atoms with Gasteiger partial charge in [0, 0.05) is 59.7 Å². The van der Waals surface area contributed by atoms with Crippen LogP contribution in [0.25, 0.3) is 91.9 Å². The van der Waals surface area contributed by atoms with E-state index in [1.165, 1.54) is 30.9 Å². The van der Waals surface area contributed by atoms with E-state index in [9.17, 15) is 0 Å². The number of para-hydroxylation sites is 1.